The van der Waals surface area contributed by atoms with E-state index in [1.807, 2.05) is 13.8 Å². The first-order valence-electron chi connectivity index (χ1n) is 10.8. The van der Waals surface area contributed by atoms with Crippen molar-refractivity contribution in [1.29, 1.82) is 0 Å². The van der Waals surface area contributed by atoms with Gasteiger partial charge in [-0.3, -0.25) is 9.59 Å². The van der Waals surface area contributed by atoms with Crippen LogP contribution in [0.15, 0.2) is 0 Å². The van der Waals surface area contributed by atoms with Crippen molar-refractivity contribution in [3.63, 3.8) is 0 Å². The lowest BCUT2D eigenvalue weighted by Crippen LogP contribution is -2.31. The van der Waals surface area contributed by atoms with Crippen LogP contribution in [0.1, 0.15) is 87.0 Å². The van der Waals surface area contributed by atoms with Crippen LogP contribution in [-0.2, 0) is 14.3 Å². The fourth-order valence-electron chi connectivity index (χ4n) is 2.32. The van der Waals surface area contributed by atoms with Crippen LogP contribution in [0.2, 0.25) is 0 Å². The maximum absolute atomic E-state index is 11.4. The zero-order chi connectivity index (χ0) is 22.0. The summed E-state index contributed by atoms with van der Waals surface area (Å²) in [6.45, 7) is 16.0. The quantitative estimate of drug-likeness (QED) is 0.387. The number of unbranched alkanes of at least 4 members (excludes halogenated alkanes) is 1. The fourth-order valence-corrected chi connectivity index (χ4v) is 2.32. The highest BCUT2D eigenvalue weighted by Crippen LogP contribution is 2.12. The molecule has 0 aliphatic heterocycles. The van der Waals surface area contributed by atoms with Crippen LogP contribution in [-0.4, -0.2) is 48.8 Å². The van der Waals surface area contributed by atoms with Gasteiger partial charge >= 0.3 is 0 Å². The minimum atomic E-state index is -0.312. The van der Waals surface area contributed by atoms with Crippen molar-refractivity contribution >= 4 is 11.8 Å². The third kappa shape index (κ3) is 24.9. The van der Waals surface area contributed by atoms with Crippen LogP contribution in [0.4, 0.5) is 0 Å². The molecule has 0 rings (SSSR count). The highest BCUT2D eigenvalue weighted by atomic mass is 16.5. The number of hydrogen-bond donors (Lipinski definition) is 3. The molecule has 168 valence electrons. The Morgan fingerprint density at radius 2 is 1.57 bits per heavy atom. The summed E-state index contributed by atoms with van der Waals surface area (Å²) >= 11 is 0. The Bertz CT molecular complexity index is 396. The maximum atomic E-state index is 11.4. The Labute approximate surface area is 173 Å². The van der Waals surface area contributed by atoms with Crippen LogP contribution < -0.4 is 10.6 Å². The molecule has 0 radical (unpaired) electrons. The minimum Gasteiger partial charge on any atom is -0.396 e. The molecule has 6 nitrogen and oxygen atoms in total. The predicted octanol–water partition coefficient (Wildman–Crippen LogP) is 3.67. The number of hydrogen-bond acceptors (Lipinski definition) is 4. The third-order valence-corrected chi connectivity index (χ3v) is 4.16. The van der Waals surface area contributed by atoms with Crippen molar-refractivity contribution in [2.24, 2.45) is 11.8 Å². The minimum absolute atomic E-state index is 0.0523. The topological polar surface area (TPSA) is 87.7 Å². The van der Waals surface area contributed by atoms with Gasteiger partial charge < -0.3 is 20.5 Å². The number of carbonyl (C=O) groups is 2. The van der Waals surface area contributed by atoms with Crippen molar-refractivity contribution in [2.45, 2.75) is 92.6 Å². The molecule has 3 N–H and O–H groups in total. The normalized spacial score (nSPS) is 11.2. The molecular formula is C22H46N2O4. The van der Waals surface area contributed by atoms with Crippen molar-refractivity contribution in [1.82, 2.24) is 10.6 Å². The lowest BCUT2D eigenvalue weighted by Gasteiger charge is -2.24. The molecular weight excluding hydrogens is 356 g/mol. The summed E-state index contributed by atoms with van der Waals surface area (Å²) in [6, 6.07) is 0. The zero-order valence-electron chi connectivity index (χ0n) is 19.4. The molecule has 0 aromatic carbocycles. The molecule has 0 bridgehead atoms. The van der Waals surface area contributed by atoms with Crippen molar-refractivity contribution in [2.75, 3.05) is 26.3 Å². The molecule has 0 atom stereocenters. The maximum Gasteiger partial charge on any atom is 0.219 e. The van der Waals surface area contributed by atoms with Gasteiger partial charge in [0.2, 0.25) is 11.8 Å². The number of aliphatic hydroxyl groups excluding tert-OH is 1. The number of amides is 2. The van der Waals surface area contributed by atoms with Crippen LogP contribution >= 0.6 is 0 Å². The van der Waals surface area contributed by atoms with Gasteiger partial charge in [-0.2, -0.15) is 0 Å². The average Bonchev–Trinajstić information content (AvgIpc) is 2.55. The molecule has 28 heavy (non-hydrogen) atoms. The lowest BCUT2D eigenvalue weighted by atomic mass is 10.1. The van der Waals surface area contributed by atoms with Gasteiger partial charge in [-0.05, 0) is 44.9 Å². The van der Waals surface area contributed by atoms with E-state index in [4.69, 9.17) is 9.84 Å². The van der Waals surface area contributed by atoms with Crippen LogP contribution in [0.5, 0.6) is 0 Å². The van der Waals surface area contributed by atoms with Crippen molar-refractivity contribution < 1.29 is 19.4 Å². The number of rotatable bonds is 14. The van der Waals surface area contributed by atoms with Gasteiger partial charge in [-0.25, -0.2) is 0 Å². The zero-order valence-corrected chi connectivity index (χ0v) is 19.4. The molecule has 0 saturated heterocycles. The van der Waals surface area contributed by atoms with E-state index in [2.05, 4.69) is 38.3 Å². The van der Waals surface area contributed by atoms with E-state index in [-0.39, 0.29) is 24.0 Å². The molecule has 0 fully saturated rings. The van der Waals surface area contributed by atoms with E-state index < -0.39 is 0 Å². The van der Waals surface area contributed by atoms with E-state index in [9.17, 15) is 9.59 Å². The molecule has 0 aliphatic rings. The molecule has 0 saturated carbocycles. The summed E-state index contributed by atoms with van der Waals surface area (Å²) in [5.41, 5.74) is -0.312. The van der Waals surface area contributed by atoms with E-state index in [1.54, 1.807) is 0 Å². The fraction of sp³-hybridized carbons (Fsp3) is 0.909. The summed E-state index contributed by atoms with van der Waals surface area (Å²) in [4.78, 5) is 21.8. The van der Waals surface area contributed by atoms with Gasteiger partial charge in [0.1, 0.15) is 0 Å². The summed E-state index contributed by atoms with van der Waals surface area (Å²) in [5, 5.41) is 14.3. The van der Waals surface area contributed by atoms with Crippen LogP contribution in [0, 0.1) is 11.8 Å². The van der Waals surface area contributed by atoms with Crippen molar-refractivity contribution in [3.05, 3.63) is 0 Å². The van der Waals surface area contributed by atoms with E-state index >= 15 is 0 Å². The van der Waals surface area contributed by atoms with Crippen LogP contribution in [0.3, 0.4) is 0 Å². The van der Waals surface area contributed by atoms with Crippen molar-refractivity contribution in [3.8, 4) is 0 Å². The number of aliphatic hydroxyl groups is 1. The first-order chi connectivity index (χ1) is 13.0. The lowest BCUT2D eigenvalue weighted by molar-refractivity contribution is -0.121. The third-order valence-electron chi connectivity index (χ3n) is 4.16. The van der Waals surface area contributed by atoms with Gasteiger partial charge in [0, 0.05) is 33.0 Å². The largest absolute Gasteiger partial charge is 0.396 e. The van der Waals surface area contributed by atoms with E-state index in [1.165, 1.54) is 19.8 Å². The smallest absolute Gasteiger partial charge is 0.219 e. The Kier molecular flexibility index (Phi) is 18.6. The van der Waals surface area contributed by atoms with Gasteiger partial charge in [-0.1, -0.05) is 40.5 Å². The Balaban J connectivity index is 0. The Morgan fingerprint density at radius 1 is 0.964 bits per heavy atom. The monoisotopic (exact) mass is 402 g/mol. The van der Waals surface area contributed by atoms with Gasteiger partial charge in [0.15, 0.2) is 0 Å². The Hall–Kier alpha value is -1.14. The SMILES string of the molecule is CC(=O)NCCOC(C)(C)CCO.CC(C)CCCCC(=O)NCCC(C)C. The van der Waals surface area contributed by atoms with Gasteiger partial charge in [-0.15, -0.1) is 0 Å². The second kappa shape index (κ2) is 17.9. The molecule has 0 aromatic heterocycles. The second-order valence-corrected chi connectivity index (χ2v) is 8.74. The molecule has 0 heterocycles. The Morgan fingerprint density at radius 3 is 2.07 bits per heavy atom. The highest BCUT2D eigenvalue weighted by molar-refractivity contribution is 5.75. The van der Waals surface area contributed by atoms with Gasteiger partial charge in [0.25, 0.3) is 0 Å². The molecule has 2 amide bonds. The molecule has 0 aliphatic carbocycles. The number of carbonyl (C=O) groups excluding carboxylic acids is 2. The summed E-state index contributed by atoms with van der Waals surface area (Å²) in [6.07, 6.45) is 5.83. The first kappa shape index (κ1) is 29.1. The summed E-state index contributed by atoms with van der Waals surface area (Å²) < 4.78 is 5.45. The number of ether oxygens (including phenoxy) is 1. The van der Waals surface area contributed by atoms with E-state index in [0.29, 0.717) is 31.9 Å². The predicted molar refractivity (Wildman–Crippen MR) is 116 cm³/mol. The summed E-state index contributed by atoms with van der Waals surface area (Å²) in [5.74, 6) is 1.60. The molecule has 0 unspecified atom stereocenters. The standard InChI is InChI=1S/C13H27NO.C9H19NO3/c1-11(2)7-5-6-8-13(15)14-10-9-12(3)4;1-8(12)10-5-7-13-9(2,3)4-6-11/h11-12H,5-10H2,1-4H3,(H,14,15);11H,4-7H2,1-3H3,(H,10,12). The molecule has 0 aromatic rings. The first-order valence-corrected chi connectivity index (χ1v) is 10.8. The second-order valence-electron chi connectivity index (χ2n) is 8.74. The number of nitrogens with one attached hydrogen (secondary N) is 2. The molecule has 6 heteroatoms. The van der Waals surface area contributed by atoms with Gasteiger partial charge in [0.05, 0.1) is 12.2 Å². The highest BCUT2D eigenvalue weighted by Gasteiger charge is 2.16. The van der Waals surface area contributed by atoms with E-state index in [0.717, 1.165) is 25.3 Å². The summed E-state index contributed by atoms with van der Waals surface area (Å²) in [7, 11) is 0. The average molecular weight is 403 g/mol. The van der Waals surface area contributed by atoms with Crippen LogP contribution in [0.25, 0.3) is 0 Å². The molecule has 0 spiro atoms.